The molecule has 0 spiro atoms. The molecule has 0 aromatic heterocycles. The van der Waals surface area contributed by atoms with Crippen molar-refractivity contribution in [2.24, 2.45) is 0 Å². The Morgan fingerprint density at radius 2 is 2.05 bits per heavy atom. The third kappa shape index (κ3) is 4.14. The van der Waals surface area contributed by atoms with Crippen molar-refractivity contribution in [3.8, 4) is 0 Å². The Bertz CT molecular complexity index is 429. The van der Waals surface area contributed by atoms with Gasteiger partial charge in [0.2, 0.25) is 0 Å². The maximum atomic E-state index is 12.8. The number of hydrogen-bond acceptors (Lipinski definition) is 2. The first-order chi connectivity index (χ1) is 9.70. The highest BCUT2D eigenvalue weighted by Gasteiger charge is 2.20. The van der Waals surface area contributed by atoms with Gasteiger partial charge in [-0.05, 0) is 63.0 Å². The first-order valence-corrected chi connectivity index (χ1v) is 7.73. The van der Waals surface area contributed by atoms with Gasteiger partial charge in [0.25, 0.3) is 0 Å². The third-order valence-corrected chi connectivity index (χ3v) is 4.24. The van der Waals surface area contributed by atoms with E-state index in [-0.39, 0.29) is 11.6 Å². The van der Waals surface area contributed by atoms with E-state index in [2.05, 4.69) is 11.8 Å². The SMILES string of the molecule is CCC1CCCCN1CCCC(=O)c1ccc(F)cc1. The van der Waals surface area contributed by atoms with Gasteiger partial charge < -0.3 is 4.90 Å². The molecular formula is C17H24FNO. The second-order valence-corrected chi connectivity index (χ2v) is 5.63. The lowest BCUT2D eigenvalue weighted by Gasteiger charge is -2.35. The summed E-state index contributed by atoms with van der Waals surface area (Å²) in [6, 6.07) is 6.56. The molecule has 0 N–H and O–H groups in total. The average molecular weight is 277 g/mol. The Kier molecular flexibility index (Phi) is 5.72. The largest absolute Gasteiger partial charge is 0.300 e. The van der Waals surface area contributed by atoms with Crippen molar-refractivity contribution >= 4 is 5.78 Å². The number of hydrogen-bond donors (Lipinski definition) is 0. The molecule has 110 valence electrons. The molecule has 0 amide bonds. The number of piperidine rings is 1. The van der Waals surface area contributed by atoms with Crippen LogP contribution in [-0.4, -0.2) is 29.8 Å². The zero-order valence-corrected chi connectivity index (χ0v) is 12.3. The average Bonchev–Trinajstić information content (AvgIpc) is 2.48. The molecule has 1 aliphatic rings. The number of carbonyl (C=O) groups excluding carboxylic acids is 1. The van der Waals surface area contributed by atoms with Crippen molar-refractivity contribution in [1.82, 2.24) is 4.90 Å². The molecule has 0 aliphatic carbocycles. The van der Waals surface area contributed by atoms with Gasteiger partial charge >= 0.3 is 0 Å². The number of benzene rings is 1. The van der Waals surface area contributed by atoms with Gasteiger partial charge in [-0.3, -0.25) is 4.79 Å². The summed E-state index contributed by atoms with van der Waals surface area (Å²) in [5.74, 6) is -0.171. The van der Waals surface area contributed by atoms with Crippen molar-refractivity contribution in [3.05, 3.63) is 35.6 Å². The van der Waals surface area contributed by atoms with Gasteiger partial charge in [-0.15, -0.1) is 0 Å². The van der Waals surface area contributed by atoms with Crippen molar-refractivity contribution in [2.45, 2.75) is 51.5 Å². The van der Waals surface area contributed by atoms with Gasteiger partial charge in [-0.2, -0.15) is 0 Å². The van der Waals surface area contributed by atoms with E-state index in [0.717, 1.165) is 13.0 Å². The van der Waals surface area contributed by atoms with Gasteiger partial charge in [0.1, 0.15) is 5.82 Å². The minimum atomic E-state index is -0.291. The lowest BCUT2D eigenvalue weighted by molar-refractivity contribution is 0.0959. The van der Waals surface area contributed by atoms with Crippen LogP contribution in [0.3, 0.4) is 0 Å². The highest BCUT2D eigenvalue weighted by Crippen LogP contribution is 2.20. The molecular weight excluding hydrogens is 253 g/mol. The number of nitrogens with zero attached hydrogens (tertiary/aromatic N) is 1. The molecule has 1 aliphatic heterocycles. The van der Waals surface area contributed by atoms with E-state index < -0.39 is 0 Å². The van der Waals surface area contributed by atoms with E-state index in [1.54, 1.807) is 12.1 Å². The summed E-state index contributed by atoms with van der Waals surface area (Å²) >= 11 is 0. The summed E-state index contributed by atoms with van der Waals surface area (Å²) in [5.41, 5.74) is 0.622. The molecule has 1 fully saturated rings. The zero-order valence-electron chi connectivity index (χ0n) is 12.3. The van der Waals surface area contributed by atoms with Crippen molar-refractivity contribution in [3.63, 3.8) is 0 Å². The fourth-order valence-electron chi connectivity index (χ4n) is 3.04. The van der Waals surface area contributed by atoms with Gasteiger partial charge in [0, 0.05) is 18.0 Å². The third-order valence-electron chi connectivity index (χ3n) is 4.24. The van der Waals surface area contributed by atoms with Crippen LogP contribution in [0.15, 0.2) is 24.3 Å². The minimum Gasteiger partial charge on any atom is -0.300 e. The molecule has 2 rings (SSSR count). The molecule has 1 unspecified atom stereocenters. The number of Topliss-reactive ketones (excluding diaryl/α,β-unsaturated/α-hetero) is 1. The zero-order chi connectivity index (χ0) is 14.4. The highest BCUT2D eigenvalue weighted by molar-refractivity contribution is 5.95. The maximum absolute atomic E-state index is 12.8. The van der Waals surface area contributed by atoms with Crippen LogP contribution in [0.2, 0.25) is 0 Å². The van der Waals surface area contributed by atoms with Crippen LogP contribution >= 0.6 is 0 Å². The summed E-state index contributed by atoms with van der Waals surface area (Å²) in [6.07, 6.45) is 6.56. The molecule has 1 aromatic carbocycles. The van der Waals surface area contributed by atoms with Crippen LogP contribution in [0.4, 0.5) is 4.39 Å². The molecule has 1 aromatic rings. The predicted molar refractivity (Wildman–Crippen MR) is 79.5 cm³/mol. The van der Waals surface area contributed by atoms with Gasteiger partial charge in [-0.1, -0.05) is 13.3 Å². The quantitative estimate of drug-likeness (QED) is 0.731. The summed E-state index contributed by atoms with van der Waals surface area (Å²) < 4.78 is 12.8. The second-order valence-electron chi connectivity index (χ2n) is 5.63. The van der Waals surface area contributed by atoms with Crippen LogP contribution < -0.4 is 0 Å². The first kappa shape index (κ1) is 15.2. The van der Waals surface area contributed by atoms with Crippen LogP contribution in [-0.2, 0) is 0 Å². The molecule has 2 nitrogen and oxygen atoms in total. The lowest BCUT2D eigenvalue weighted by atomic mass is 9.99. The van der Waals surface area contributed by atoms with E-state index >= 15 is 0 Å². The summed E-state index contributed by atoms with van der Waals surface area (Å²) in [4.78, 5) is 14.5. The van der Waals surface area contributed by atoms with E-state index in [9.17, 15) is 9.18 Å². The number of rotatable bonds is 6. The summed E-state index contributed by atoms with van der Waals surface area (Å²) in [6.45, 7) is 4.42. The smallest absolute Gasteiger partial charge is 0.162 e. The molecule has 1 heterocycles. The van der Waals surface area contributed by atoms with E-state index in [4.69, 9.17) is 0 Å². The highest BCUT2D eigenvalue weighted by atomic mass is 19.1. The van der Waals surface area contributed by atoms with Gasteiger partial charge in [0.15, 0.2) is 5.78 Å². The Morgan fingerprint density at radius 3 is 2.75 bits per heavy atom. The summed E-state index contributed by atoms with van der Waals surface area (Å²) in [5, 5.41) is 0. The summed E-state index contributed by atoms with van der Waals surface area (Å²) in [7, 11) is 0. The molecule has 0 radical (unpaired) electrons. The number of halogens is 1. The second kappa shape index (κ2) is 7.53. The normalized spacial score (nSPS) is 20.0. The Balaban J connectivity index is 1.77. The number of likely N-dealkylation sites (tertiary alicyclic amines) is 1. The molecule has 20 heavy (non-hydrogen) atoms. The topological polar surface area (TPSA) is 20.3 Å². The van der Waals surface area contributed by atoms with E-state index in [1.165, 1.54) is 44.4 Å². The van der Waals surface area contributed by atoms with Crippen molar-refractivity contribution < 1.29 is 9.18 Å². The minimum absolute atomic E-state index is 0.120. The van der Waals surface area contributed by atoms with Crippen LogP contribution in [0.1, 0.15) is 55.8 Å². The molecule has 1 atom stereocenters. The van der Waals surface area contributed by atoms with E-state index in [1.807, 2.05) is 0 Å². The maximum Gasteiger partial charge on any atom is 0.162 e. The lowest BCUT2D eigenvalue weighted by Crippen LogP contribution is -2.39. The van der Waals surface area contributed by atoms with Crippen LogP contribution in [0.5, 0.6) is 0 Å². The standard InChI is InChI=1S/C17H24FNO/c1-2-16-6-3-4-12-19(16)13-5-7-17(20)14-8-10-15(18)11-9-14/h8-11,16H,2-7,12-13H2,1H3. The number of ketones is 1. The van der Waals surface area contributed by atoms with Gasteiger partial charge in [-0.25, -0.2) is 4.39 Å². The first-order valence-electron chi connectivity index (χ1n) is 7.73. The fraction of sp³-hybridized carbons (Fsp3) is 0.588. The Morgan fingerprint density at radius 1 is 1.30 bits per heavy atom. The van der Waals surface area contributed by atoms with Crippen LogP contribution in [0.25, 0.3) is 0 Å². The monoisotopic (exact) mass is 277 g/mol. The Labute approximate surface area is 121 Å². The van der Waals surface area contributed by atoms with Gasteiger partial charge in [0.05, 0.1) is 0 Å². The predicted octanol–water partition coefficient (Wildman–Crippen LogP) is 4.05. The van der Waals surface area contributed by atoms with Crippen molar-refractivity contribution in [2.75, 3.05) is 13.1 Å². The number of carbonyl (C=O) groups is 1. The molecule has 3 heteroatoms. The Hall–Kier alpha value is -1.22. The molecule has 0 bridgehead atoms. The fourth-order valence-corrected chi connectivity index (χ4v) is 3.04. The van der Waals surface area contributed by atoms with Crippen LogP contribution in [0, 0.1) is 5.82 Å². The molecule has 1 saturated heterocycles. The molecule has 0 saturated carbocycles. The van der Waals surface area contributed by atoms with E-state index in [0.29, 0.717) is 18.0 Å². The van der Waals surface area contributed by atoms with Crippen molar-refractivity contribution in [1.29, 1.82) is 0 Å².